The Morgan fingerprint density at radius 1 is 1.48 bits per heavy atom. The highest BCUT2D eigenvalue weighted by Crippen LogP contribution is 2.22. The summed E-state index contributed by atoms with van der Waals surface area (Å²) in [6.45, 7) is 6.64. The number of rotatable bonds is 5. The molecule has 1 N–H and O–H groups in total. The van der Waals surface area contributed by atoms with Crippen LogP contribution in [-0.2, 0) is 9.53 Å². The van der Waals surface area contributed by atoms with Crippen LogP contribution < -0.4 is 10.2 Å². The largest absolute Gasteiger partial charge is 0.383 e. The minimum atomic E-state index is 0.0196. The number of nitrogens with one attached hydrogen (secondary N) is 1. The Morgan fingerprint density at radius 3 is 3.00 bits per heavy atom. The lowest BCUT2D eigenvalue weighted by Crippen LogP contribution is -2.44. The predicted molar refractivity (Wildman–Crippen MR) is 81.3 cm³/mol. The number of hydrogen-bond donors (Lipinski definition) is 1. The lowest BCUT2D eigenvalue weighted by Gasteiger charge is -2.33. The fraction of sp³-hybridized carbons (Fsp3) is 0.667. The number of piperidine rings is 1. The molecule has 0 bridgehead atoms. The molecule has 0 radical (unpaired) electrons. The van der Waals surface area contributed by atoms with E-state index in [-0.39, 0.29) is 11.8 Å². The molecule has 1 fully saturated rings. The van der Waals surface area contributed by atoms with E-state index in [0.717, 1.165) is 36.7 Å². The average Bonchev–Trinajstić information content (AvgIpc) is 2.46. The van der Waals surface area contributed by atoms with Crippen LogP contribution in [0.4, 0.5) is 5.82 Å². The summed E-state index contributed by atoms with van der Waals surface area (Å²) in [5.74, 6) is 1.83. The van der Waals surface area contributed by atoms with Crippen LogP contribution in [0.15, 0.2) is 6.07 Å². The fourth-order valence-electron chi connectivity index (χ4n) is 2.68. The molecule has 0 aromatic carbocycles. The molecule has 1 aliphatic rings. The number of nitrogens with zero attached hydrogens (tertiary/aromatic N) is 3. The van der Waals surface area contributed by atoms with Gasteiger partial charge in [0.1, 0.15) is 11.6 Å². The maximum Gasteiger partial charge on any atom is 0.224 e. The molecular formula is C15H24N4O2. The molecule has 0 saturated carbocycles. The Morgan fingerprint density at radius 2 is 2.29 bits per heavy atom. The van der Waals surface area contributed by atoms with E-state index in [1.807, 2.05) is 19.9 Å². The summed E-state index contributed by atoms with van der Waals surface area (Å²) in [7, 11) is 1.63. The van der Waals surface area contributed by atoms with Gasteiger partial charge in [0, 0.05) is 38.5 Å². The molecule has 0 spiro atoms. The van der Waals surface area contributed by atoms with Crippen molar-refractivity contribution in [3.63, 3.8) is 0 Å². The van der Waals surface area contributed by atoms with Crippen molar-refractivity contribution in [1.29, 1.82) is 0 Å². The zero-order chi connectivity index (χ0) is 15.2. The Balaban J connectivity index is 1.98. The number of anilines is 1. The Hall–Kier alpha value is -1.69. The van der Waals surface area contributed by atoms with Crippen LogP contribution in [0, 0.1) is 19.8 Å². The molecule has 6 nitrogen and oxygen atoms in total. The van der Waals surface area contributed by atoms with E-state index < -0.39 is 0 Å². The molecule has 6 heteroatoms. The van der Waals surface area contributed by atoms with Crippen LogP contribution in [-0.4, -0.2) is 49.2 Å². The summed E-state index contributed by atoms with van der Waals surface area (Å²) in [6.07, 6.45) is 1.93. The van der Waals surface area contributed by atoms with Gasteiger partial charge >= 0.3 is 0 Å². The molecule has 2 rings (SSSR count). The zero-order valence-electron chi connectivity index (χ0n) is 13.1. The molecule has 1 saturated heterocycles. The van der Waals surface area contributed by atoms with Crippen LogP contribution in [0.5, 0.6) is 0 Å². The summed E-state index contributed by atoms with van der Waals surface area (Å²) >= 11 is 0. The second kappa shape index (κ2) is 7.36. The van der Waals surface area contributed by atoms with E-state index in [4.69, 9.17) is 4.74 Å². The number of amides is 1. The highest BCUT2D eigenvalue weighted by molar-refractivity contribution is 5.79. The van der Waals surface area contributed by atoms with Gasteiger partial charge in [0.05, 0.1) is 12.5 Å². The topological polar surface area (TPSA) is 67.3 Å². The average molecular weight is 292 g/mol. The molecular weight excluding hydrogens is 268 g/mol. The molecule has 21 heavy (non-hydrogen) atoms. The minimum absolute atomic E-state index is 0.0196. The van der Waals surface area contributed by atoms with E-state index in [1.165, 1.54) is 0 Å². The van der Waals surface area contributed by atoms with Crippen LogP contribution in [0.2, 0.25) is 0 Å². The third kappa shape index (κ3) is 4.39. The summed E-state index contributed by atoms with van der Waals surface area (Å²) in [6, 6.07) is 1.98. The van der Waals surface area contributed by atoms with Crippen LogP contribution in [0.25, 0.3) is 0 Å². The Labute approximate surface area is 125 Å². The predicted octanol–water partition coefficient (Wildman–Crippen LogP) is 1.07. The molecule has 0 unspecified atom stereocenters. The molecule has 2 heterocycles. The van der Waals surface area contributed by atoms with Crippen molar-refractivity contribution in [3.8, 4) is 0 Å². The molecule has 1 aromatic rings. The maximum absolute atomic E-state index is 12.2. The van der Waals surface area contributed by atoms with E-state index in [9.17, 15) is 4.79 Å². The number of methoxy groups -OCH3 is 1. The Bertz CT molecular complexity index is 472. The number of aromatic nitrogens is 2. The van der Waals surface area contributed by atoms with Gasteiger partial charge in [-0.3, -0.25) is 4.79 Å². The highest BCUT2D eigenvalue weighted by Gasteiger charge is 2.26. The second-order valence-corrected chi connectivity index (χ2v) is 5.48. The highest BCUT2D eigenvalue weighted by atomic mass is 16.5. The zero-order valence-corrected chi connectivity index (χ0v) is 13.1. The first-order chi connectivity index (χ1) is 10.1. The van der Waals surface area contributed by atoms with Gasteiger partial charge in [-0.2, -0.15) is 0 Å². The van der Waals surface area contributed by atoms with Crippen LogP contribution in [0.3, 0.4) is 0 Å². The fourth-order valence-corrected chi connectivity index (χ4v) is 2.68. The SMILES string of the molecule is COCCNC(=O)[C@H]1CCCN(c2cc(C)nc(C)n2)C1. The van der Waals surface area contributed by atoms with Crippen LogP contribution >= 0.6 is 0 Å². The molecule has 1 amide bonds. The van der Waals surface area contributed by atoms with Crippen molar-refractivity contribution in [3.05, 3.63) is 17.6 Å². The van der Waals surface area contributed by atoms with E-state index >= 15 is 0 Å². The van der Waals surface area contributed by atoms with E-state index in [1.54, 1.807) is 7.11 Å². The van der Waals surface area contributed by atoms with Gasteiger partial charge in [-0.05, 0) is 26.7 Å². The first kappa shape index (κ1) is 15.7. The monoisotopic (exact) mass is 292 g/mol. The van der Waals surface area contributed by atoms with Gasteiger partial charge in [-0.15, -0.1) is 0 Å². The maximum atomic E-state index is 12.2. The molecule has 0 aliphatic carbocycles. The lowest BCUT2D eigenvalue weighted by atomic mass is 9.97. The first-order valence-corrected chi connectivity index (χ1v) is 7.44. The van der Waals surface area contributed by atoms with Crippen molar-refractivity contribution in [2.45, 2.75) is 26.7 Å². The van der Waals surface area contributed by atoms with Crippen molar-refractivity contribution in [2.75, 3.05) is 38.3 Å². The number of ether oxygens (including phenoxy) is 1. The first-order valence-electron chi connectivity index (χ1n) is 7.44. The number of aryl methyl sites for hydroxylation is 2. The summed E-state index contributed by atoms with van der Waals surface area (Å²) < 4.78 is 4.95. The summed E-state index contributed by atoms with van der Waals surface area (Å²) in [5, 5.41) is 2.92. The second-order valence-electron chi connectivity index (χ2n) is 5.48. The third-order valence-electron chi connectivity index (χ3n) is 3.67. The number of hydrogen-bond acceptors (Lipinski definition) is 5. The van der Waals surface area contributed by atoms with E-state index in [0.29, 0.717) is 19.7 Å². The summed E-state index contributed by atoms with van der Waals surface area (Å²) in [4.78, 5) is 23.1. The van der Waals surface area contributed by atoms with Crippen molar-refractivity contribution < 1.29 is 9.53 Å². The van der Waals surface area contributed by atoms with Gasteiger partial charge in [0.2, 0.25) is 5.91 Å². The van der Waals surface area contributed by atoms with Crippen molar-refractivity contribution in [2.24, 2.45) is 5.92 Å². The summed E-state index contributed by atoms with van der Waals surface area (Å²) in [5.41, 5.74) is 0.962. The number of carbonyl (C=O) groups excluding carboxylic acids is 1. The lowest BCUT2D eigenvalue weighted by molar-refractivity contribution is -0.125. The van der Waals surface area contributed by atoms with Gasteiger partial charge in [0.25, 0.3) is 0 Å². The third-order valence-corrected chi connectivity index (χ3v) is 3.67. The molecule has 1 aromatic heterocycles. The Kier molecular flexibility index (Phi) is 5.50. The smallest absolute Gasteiger partial charge is 0.224 e. The standard InChI is InChI=1S/C15H24N4O2/c1-11-9-14(18-12(2)17-11)19-7-4-5-13(10-19)15(20)16-6-8-21-3/h9,13H,4-8,10H2,1-3H3,(H,16,20)/t13-/m0/s1. The molecule has 1 aliphatic heterocycles. The van der Waals surface area contributed by atoms with Gasteiger partial charge in [-0.1, -0.05) is 0 Å². The quantitative estimate of drug-likeness (QED) is 0.822. The molecule has 116 valence electrons. The normalized spacial score (nSPS) is 18.6. The van der Waals surface area contributed by atoms with Gasteiger partial charge in [0.15, 0.2) is 0 Å². The van der Waals surface area contributed by atoms with Crippen molar-refractivity contribution in [1.82, 2.24) is 15.3 Å². The van der Waals surface area contributed by atoms with Crippen LogP contribution in [0.1, 0.15) is 24.4 Å². The van der Waals surface area contributed by atoms with E-state index in [2.05, 4.69) is 20.2 Å². The van der Waals surface area contributed by atoms with Crippen molar-refractivity contribution >= 4 is 11.7 Å². The number of carbonyl (C=O) groups is 1. The van der Waals surface area contributed by atoms with Gasteiger partial charge < -0.3 is 15.0 Å². The minimum Gasteiger partial charge on any atom is -0.383 e. The molecule has 1 atom stereocenters. The van der Waals surface area contributed by atoms with Gasteiger partial charge in [-0.25, -0.2) is 9.97 Å².